The van der Waals surface area contributed by atoms with Gasteiger partial charge in [0, 0.05) is 36.5 Å². The van der Waals surface area contributed by atoms with Crippen LogP contribution >= 0.6 is 11.6 Å². The summed E-state index contributed by atoms with van der Waals surface area (Å²) >= 11 is 5.99. The third-order valence-electron chi connectivity index (χ3n) is 5.18. The third kappa shape index (κ3) is 3.82. The molecule has 1 amide bonds. The number of nitrogens with one attached hydrogen (secondary N) is 1. The minimum Gasteiger partial charge on any atom is -0.338 e. The summed E-state index contributed by atoms with van der Waals surface area (Å²) in [7, 11) is 0. The highest BCUT2D eigenvalue weighted by molar-refractivity contribution is 6.30. The molecule has 0 unspecified atom stereocenters. The Kier molecular flexibility index (Phi) is 5.37. The monoisotopic (exact) mass is 321 g/mol. The quantitative estimate of drug-likeness (QED) is 0.889. The number of likely N-dealkylation sites (tertiary alicyclic amines) is 2. The number of rotatable bonds is 2. The normalized spacial score (nSPS) is 21.6. The van der Waals surface area contributed by atoms with Crippen LogP contribution in [0.4, 0.5) is 0 Å². The van der Waals surface area contributed by atoms with Crippen molar-refractivity contribution in [2.24, 2.45) is 0 Å². The van der Waals surface area contributed by atoms with Gasteiger partial charge in [-0.05, 0) is 43.9 Å². The smallest absolute Gasteiger partial charge is 0.253 e. The summed E-state index contributed by atoms with van der Waals surface area (Å²) in [5.74, 6) is 0.131. The zero-order chi connectivity index (χ0) is 15.4. The summed E-state index contributed by atoms with van der Waals surface area (Å²) in [4.78, 5) is 16.3. The molecule has 1 aromatic carbocycles. The Balaban J connectivity index is 1.56. The lowest BCUT2D eigenvalue weighted by Crippen LogP contribution is -3.16. The van der Waals surface area contributed by atoms with E-state index in [9.17, 15) is 4.79 Å². The molecule has 0 saturated carbocycles. The van der Waals surface area contributed by atoms with Crippen molar-refractivity contribution in [2.75, 3.05) is 26.2 Å². The average Bonchev–Trinajstić information content (AvgIpc) is 2.84. The highest BCUT2D eigenvalue weighted by atomic mass is 35.5. The Bertz CT molecular complexity index is 504. The van der Waals surface area contributed by atoms with E-state index in [0.717, 1.165) is 32.0 Å². The Morgan fingerprint density at radius 2 is 1.77 bits per heavy atom. The fourth-order valence-electron chi connectivity index (χ4n) is 3.89. The molecule has 4 heteroatoms. The molecule has 0 atom stereocenters. The molecule has 2 aliphatic heterocycles. The van der Waals surface area contributed by atoms with Crippen molar-refractivity contribution in [3.05, 3.63) is 34.9 Å². The number of quaternary nitrogens is 1. The first kappa shape index (κ1) is 15.8. The van der Waals surface area contributed by atoms with E-state index >= 15 is 0 Å². The number of carbonyl (C=O) groups is 1. The number of benzene rings is 1. The fourth-order valence-corrected chi connectivity index (χ4v) is 4.08. The second kappa shape index (κ2) is 7.47. The molecule has 120 valence electrons. The number of amides is 1. The maximum atomic E-state index is 12.6. The van der Waals surface area contributed by atoms with E-state index in [2.05, 4.69) is 0 Å². The fraction of sp³-hybridized carbons (Fsp3) is 0.611. The van der Waals surface area contributed by atoms with Crippen LogP contribution < -0.4 is 4.90 Å². The number of piperidine rings is 1. The van der Waals surface area contributed by atoms with E-state index in [-0.39, 0.29) is 5.91 Å². The first-order chi connectivity index (χ1) is 10.7. The number of hydrogen-bond acceptors (Lipinski definition) is 1. The van der Waals surface area contributed by atoms with E-state index in [4.69, 9.17) is 11.6 Å². The lowest BCUT2D eigenvalue weighted by molar-refractivity contribution is -0.926. The molecule has 0 aromatic heterocycles. The van der Waals surface area contributed by atoms with Crippen molar-refractivity contribution in [3.63, 3.8) is 0 Å². The summed E-state index contributed by atoms with van der Waals surface area (Å²) in [6, 6.07) is 8.05. The first-order valence-corrected chi connectivity index (χ1v) is 9.01. The molecule has 3 nitrogen and oxygen atoms in total. The Morgan fingerprint density at radius 3 is 2.41 bits per heavy atom. The minimum absolute atomic E-state index is 0.131. The molecule has 1 N–H and O–H groups in total. The second-order valence-corrected chi connectivity index (χ2v) is 7.09. The predicted octanol–water partition coefficient (Wildman–Crippen LogP) is 2.40. The van der Waals surface area contributed by atoms with Gasteiger partial charge in [0.1, 0.15) is 0 Å². The van der Waals surface area contributed by atoms with Crippen LogP contribution in [0.2, 0.25) is 5.02 Å². The van der Waals surface area contributed by atoms with Crippen molar-refractivity contribution in [1.29, 1.82) is 0 Å². The van der Waals surface area contributed by atoms with Crippen LogP contribution in [-0.4, -0.2) is 43.0 Å². The molecule has 0 bridgehead atoms. The molecule has 2 aliphatic rings. The number of nitrogens with zero attached hydrogens (tertiary/aromatic N) is 1. The second-order valence-electron chi connectivity index (χ2n) is 6.65. The van der Waals surface area contributed by atoms with Crippen LogP contribution in [0.15, 0.2) is 24.3 Å². The van der Waals surface area contributed by atoms with E-state index < -0.39 is 0 Å². The predicted molar refractivity (Wildman–Crippen MR) is 89.5 cm³/mol. The van der Waals surface area contributed by atoms with Gasteiger partial charge in [-0.3, -0.25) is 4.79 Å². The van der Waals surface area contributed by atoms with Gasteiger partial charge in [-0.15, -0.1) is 0 Å². The highest BCUT2D eigenvalue weighted by Crippen LogP contribution is 2.16. The molecule has 2 heterocycles. The molecule has 2 saturated heterocycles. The SMILES string of the molecule is O=C(c1cccc(Cl)c1)N1CCC([NH+]2CCCCCC2)CC1. The third-order valence-corrected chi connectivity index (χ3v) is 5.41. The molecular weight excluding hydrogens is 296 g/mol. The van der Waals surface area contributed by atoms with E-state index in [1.165, 1.54) is 38.8 Å². The molecule has 22 heavy (non-hydrogen) atoms. The minimum atomic E-state index is 0.131. The van der Waals surface area contributed by atoms with Gasteiger partial charge in [0.05, 0.1) is 19.1 Å². The van der Waals surface area contributed by atoms with Crippen LogP contribution in [0.25, 0.3) is 0 Å². The van der Waals surface area contributed by atoms with Crippen molar-refractivity contribution in [1.82, 2.24) is 4.90 Å². The van der Waals surface area contributed by atoms with Gasteiger partial charge in [-0.2, -0.15) is 0 Å². The number of halogens is 1. The maximum Gasteiger partial charge on any atom is 0.253 e. The maximum absolute atomic E-state index is 12.6. The summed E-state index contributed by atoms with van der Waals surface area (Å²) in [5.41, 5.74) is 0.716. The van der Waals surface area contributed by atoms with Gasteiger partial charge in [0.15, 0.2) is 0 Å². The van der Waals surface area contributed by atoms with Crippen LogP contribution in [0.5, 0.6) is 0 Å². The summed E-state index contributed by atoms with van der Waals surface area (Å²) in [6.07, 6.45) is 7.82. The van der Waals surface area contributed by atoms with E-state index in [0.29, 0.717) is 10.6 Å². The lowest BCUT2D eigenvalue weighted by Gasteiger charge is -2.36. The Hall–Kier alpha value is -1.06. The Labute approximate surface area is 138 Å². The summed E-state index contributed by atoms with van der Waals surface area (Å²) in [6.45, 7) is 4.43. The largest absolute Gasteiger partial charge is 0.338 e. The van der Waals surface area contributed by atoms with Crippen molar-refractivity contribution < 1.29 is 9.69 Å². The molecule has 2 fully saturated rings. The zero-order valence-corrected chi connectivity index (χ0v) is 13.9. The van der Waals surface area contributed by atoms with Crippen molar-refractivity contribution in [3.8, 4) is 0 Å². The molecule has 0 aliphatic carbocycles. The van der Waals surface area contributed by atoms with Crippen LogP contribution in [0.3, 0.4) is 0 Å². The van der Waals surface area contributed by atoms with Crippen LogP contribution in [0.1, 0.15) is 48.9 Å². The lowest BCUT2D eigenvalue weighted by atomic mass is 10.0. The zero-order valence-electron chi connectivity index (χ0n) is 13.2. The van der Waals surface area contributed by atoms with Gasteiger partial charge >= 0.3 is 0 Å². The average molecular weight is 322 g/mol. The number of carbonyl (C=O) groups excluding carboxylic acids is 1. The molecule has 0 spiro atoms. The van der Waals surface area contributed by atoms with Crippen LogP contribution in [-0.2, 0) is 0 Å². The summed E-state index contributed by atoms with van der Waals surface area (Å²) < 4.78 is 0. The topological polar surface area (TPSA) is 24.8 Å². The Morgan fingerprint density at radius 1 is 1.09 bits per heavy atom. The van der Waals surface area contributed by atoms with Gasteiger partial charge in [-0.1, -0.05) is 17.7 Å². The molecule has 0 radical (unpaired) electrons. The number of hydrogen-bond donors (Lipinski definition) is 1. The van der Waals surface area contributed by atoms with Crippen LogP contribution in [0, 0.1) is 0 Å². The van der Waals surface area contributed by atoms with E-state index in [1.807, 2.05) is 23.1 Å². The first-order valence-electron chi connectivity index (χ1n) is 8.63. The van der Waals surface area contributed by atoms with Gasteiger partial charge in [0.2, 0.25) is 0 Å². The van der Waals surface area contributed by atoms with Gasteiger partial charge in [-0.25, -0.2) is 0 Å². The van der Waals surface area contributed by atoms with Crippen molar-refractivity contribution in [2.45, 2.75) is 44.6 Å². The highest BCUT2D eigenvalue weighted by Gasteiger charge is 2.30. The van der Waals surface area contributed by atoms with Gasteiger partial charge < -0.3 is 9.80 Å². The summed E-state index contributed by atoms with van der Waals surface area (Å²) in [5, 5.41) is 0.634. The molecular formula is C18H26ClN2O+. The van der Waals surface area contributed by atoms with E-state index in [1.54, 1.807) is 11.0 Å². The standard InChI is InChI=1S/C18H25ClN2O/c19-16-7-5-6-15(14-16)18(22)21-12-8-17(9-13-21)20-10-3-1-2-4-11-20/h5-7,14,17H,1-4,8-13H2/p+1. The molecule has 3 rings (SSSR count). The molecule has 1 aromatic rings. The van der Waals surface area contributed by atoms with Gasteiger partial charge in [0.25, 0.3) is 5.91 Å². The van der Waals surface area contributed by atoms with Crippen molar-refractivity contribution >= 4 is 17.5 Å².